The van der Waals surface area contributed by atoms with E-state index in [1.807, 2.05) is 13.8 Å². The summed E-state index contributed by atoms with van der Waals surface area (Å²) in [5.41, 5.74) is 0.715. The summed E-state index contributed by atoms with van der Waals surface area (Å²) < 4.78 is 18.9. The highest BCUT2D eigenvalue weighted by Gasteiger charge is 2.39. The fourth-order valence-corrected chi connectivity index (χ4v) is 3.03. The molecule has 0 N–H and O–H groups in total. The summed E-state index contributed by atoms with van der Waals surface area (Å²) in [6, 6.07) is 10.3. The van der Waals surface area contributed by atoms with Crippen LogP contribution in [0, 0.1) is 5.82 Å². The summed E-state index contributed by atoms with van der Waals surface area (Å²) in [7, 11) is 0. The highest BCUT2D eigenvalue weighted by molar-refractivity contribution is 6.60. The van der Waals surface area contributed by atoms with Gasteiger partial charge in [-0.25, -0.2) is 9.29 Å². The molecule has 0 atom stereocenters. The third-order valence-corrected chi connectivity index (χ3v) is 4.34. The molecule has 2 amide bonds. The molecule has 4 nitrogen and oxygen atoms in total. The molecule has 1 aliphatic rings. The number of hydrogen-bond acceptors (Lipinski definition) is 3. The van der Waals surface area contributed by atoms with Crippen LogP contribution in [0.2, 0.25) is 5.02 Å². The molecule has 0 radical (unpaired) electrons. The summed E-state index contributed by atoms with van der Waals surface area (Å²) in [6.07, 6.45) is 0.0112. The quantitative estimate of drug-likeness (QED) is 0.701. The fourth-order valence-electron chi connectivity index (χ4n) is 2.58. The van der Waals surface area contributed by atoms with Crippen LogP contribution in [-0.4, -0.2) is 17.9 Å². The molecular weight excluding hydrogens is 380 g/mol. The van der Waals surface area contributed by atoms with Crippen LogP contribution in [0.25, 0.3) is 5.57 Å². The van der Waals surface area contributed by atoms with Crippen LogP contribution < -0.4 is 9.64 Å². The minimum Gasteiger partial charge on any atom is -0.491 e. The number of ether oxygens (including phenoxy) is 1. The average Bonchev–Trinajstić information content (AvgIpc) is 2.80. The molecule has 7 heteroatoms. The molecule has 0 aliphatic carbocycles. The highest BCUT2D eigenvalue weighted by atomic mass is 35.5. The summed E-state index contributed by atoms with van der Waals surface area (Å²) in [6.45, 7) is 3.80. The first-order valence-electron chi connectivity index (χ1n) is 7.80. The number of nitrogens with zero attached hydrogens (tertiary/aromatic N) is 1. The molecule has 0 saturated carbocycles. The number of imide groups is 1. The van der Waals surface area contributed by atoms with E-state index < -0.39 is 17.6 Å². The van der Waals surface area contributed by atoms with Crippen molar-refractivity contribution in [1.82, 2.24) is 0 Å². The molecule has 0 spiro atoms. The molecule has 2 aromatic rings. The van der Waals surface area contributed by atoms with Gasteiger partial charge in [-0.05, 0) is 49.7 Å². The molecule has 0 fully saturated rings. The number of hydrogen-bond donors (Lipinski definition) is 0. The Kier molecular flexibility index (Phi) is 5.03. The van der Waals surface area contributed by atoms with Crippen molar-refractivity contribution >= 4 is 46.3 Å². The van der Waals surface area contributed by atoms with E-state index in [0.717, 1.165) is 11.0 Å². The standard InChI is InChI=1S/C19H14Cl2FNO3/c1-10(2)26-13-6-3-11(4-7-13)16-17(21)19(25)23(18(16)24)12-5-8-15(22)14(20)9-12/h3-10H,1-2H3. The Labute approximate surface area is 159 Å². The smallest absolute Gasteiger partial charge is 0.277 e. The molecule has 134 valence electrons. The molecular formula is C19H14Cl2FNO3. The van der Waals surface area contributed by atoms with Gasteiger partial charge in [-0.15, -0.1) is 0 Å². The predicted molar refractivity (Wildman–Crippen MR) is 98.9 cm³/mol. The Morgan fingerprint density at radius 1 is 1.00 bits per heavy atom. The lowest BCUT2D eigenvalue weighted by molar-refractivity contribution is -0.119. The van der Waals surface area contributed by atoms with Crippen molar-refractivity contribution in [3.05, 3.63) is 63.9 Å². The van der Waals surface area contributed by atoms with Gasteiger partial charge in [0.2, 0.25) is 0 Å². The highest BCUT2D eigenvalue weighted by Crippen LogP contribution is 2.36. The van der Waals surface area contributed by atoms with Crippen molar-refractivity contribution in [3.8, 4) is 5.75 Å². The SMILES string of the molecule is CC(C)Oc1ccc(C2=C(Cl)C(=O)N(c3ccc(F)c(Cl)c3)C2=O)cc1. The first-order chi connectivity index (χ1) is 12.3. The van der Waals surface area contributed by atoms with Crippen molar-refractivity contribution in [2.45, 2.75) is 20.0 Å². The van der Waals surface area contributed by atoms with Crippen LogP contribution in [0.4, 0.5) is 10.1 Å². The second-order valence-corrected chi connectivity index (χ2v) is 6.71. The van der Waals surface area contributed by atoms with Crippen LogP contribution in [0.1, 0.15) is 19.4 Å². The maximum Gasteiger partial charge on any atom is 0.277 e. The third-order valence-electron chi connectivity index (χ3n) is 3.70. The van der Waals surface area contributed by atoms with Gasteiger partial charge in [-0.2, -0.15) is 0 Å². The van der Waals surface area contributed by atoms with Crippen LogP contribution >= 0.6 is 23.2 Å². The van der Waals surface area contributed by atoms with E-state index in [2.05, 4.69) is 0 Å². The summed E-state index contributed by atoms with van der Waals surface area (Å²) in [4.78, 5) is 26.1. The Morgan fingerprint density at radius 3 is 2.23 bits per heavy atom. The van der Waals surface area contributed by atoms with Gasteiger partial charge in [0.25, 0.3) is 11.8 Å². The zero-order valence-corrected chi connectivity index (χ0v) is 15.4. The lowest BCUT2D eigenvalue weighted by Gasteiger charge is -2.15. The number of anilines is 1. The topological polar surface area (TPSA) is 46.6 Å². The van der Waals surface area contributed by atoms with Crippen molar-refractivity contribution < 1.29 is 18.7 Å². The van der Waals surface area contributed by atoms with Gasteiger partial charge >= 0.3 is 0 Å². The predicted octanol–water partition coefficient (Wildman–Crippen LogP) is 4.79. The zero-order chi connectivity index (χ0) is 19.0. The number of carbonyl (C=O) groups is 2. The van der Waals surface area contributed by atoms with E-state index in [-0.39, 0.29) is 27.4 Å². The maximum atomic E-state index is 13.4. The van der Waals surface area contributed by atoms with E-state index in [1.54, 1.807) is 24.3 Å². The Morgan fingerprint density at radius 2 is 1.65 bits per heavy atom. The van der Waals surface area contributed by atoms with E-state index in [1.165, 1.54) is 12.1 Å². The van der Waals surface area contributed by atoms with Gasteiger partial charge < -0.3 is 4.74 Å². The van der Waals surface area contributed by atoms with E-state index in [9.17, 15) is 14.0 Å². The molecule has 0 aromatic heterocycles. The molecule has 0 bridgehead atoms. The second-order valence-electron chi connectivity index (χ2n) is 5.92. The Balaban J connectivity index is 1.95. The van der Waals surface area contributed by atoms with Crippen LogP contribution in [0.3, 0.4) is 0 Å². The first kappa shape index (κ1) is 18.4. The van der Waals surface area contributed by atoms with E-state index in [4.69, 9.17) is 27.9 Å². The van der Waals surface area contributed by atoms with E-state index >= 15 is 0 Å². The normalized spacial score (nSPS) is 14.6. The lowest BCUT2D eigenvalue weighted by atomic mass is 10.1. The van der Waals surface area contributed by atoms with Crippen molar-refractivity contribution in [2.24, 2.45) is 0 Å². The molecule has 0 saturated heterocycles. The second kappa shape index (κ2) is 7.09. The first-order valence-corrected chi connectivity index (χ1v) is 8.56. The summed E-state index contributed by atoms with van der Waals surface area (Å²) in [5, 5.41) is -0.393. The number of carbonyl (C=O) groups excluding carboxylic acids is 2. The fraction of sp³-hybridized carbons (Fsp3) is 0.158. The van der Waals surface area contributed by atoms with Crippen LogP contribution in [-0.2, 0) is 9.59 Å². The largest absolute Gasteiger partial charge is 0.491 e. The average molecular weight is 394 g/mol. The summed E-state index contributed by atoms with van der Waals surface area (Å²) >= 11 is 11.9. The van der Waals surface area contributed by atoms with Crippen molar-refractivity contribution in [2.75, 3.05) is 4.90 Å². The number of benzene rings is 2. The molecule has 26 heavy (non-hydrogen) atoms. The van der Waals surface area contributed by atoms with Gasteiger partial charge in [0.15, 0.2) is 0 Å². The molecule has 1 heterocycles. The minimum absolute atomic E-state index is 0.0112. The Bertz CT molecular complexity index is 923. The molecule has 2 aromatic carbocycles. The number of halogens is 3. The van der Waals surface area contributed by atoms with Crippen molar-refractivity contribution in [3.63, 3.8) is 0 Å². The van der Waals surface area contributed by atoms with Crippen LogP contribution in [0.15, 0.2) is 47.5 Å². The molecule has 0 unspecified atom stereocenters. The molecule has 3 rings (SSSR count). The molecule has 1 aliphatic heterocycles. The number of amides is 2. The summed E-state index contributed by atoms with van der Waals surface area (Å²) in [5.74, 6) is -1.29. The van der Waals surface area contributed by atoms with Gasteiger partial charge in [-0.1, -0.05) is 35.3 Å². The number of rotatable bonds is 4. The van der Waals surface area contributed by atoms with Gasteiger partial charge in [-0.3, -0.25) is 9.59 Å². The van der Waals surface area contributed by atoms with Gasteiger partial charge in [0.1, 0.15) is 16.6 Å². The third kappa shape index (κ3) is 3.32. The van der Waals surface area contributed by atoms with Crippen LogP contribution in [0.5, 0.6) is 5.75 Å². The Hall–Kier alpha value is -2.37. The van der Waals surface area contributed by atoms with Gasteiger partial charge in [0.05, 0.1) is 22.4 Å². The lowest BCUT2D eigenvalue weighted by Crippen LogP contribution is -2.31. The van der Waals surface area contributed by atoms with E-state index in [0.29, 0.717) is 11.3 Å². The maximum absolute atomic E-state index is 13.4. The van der Waals surface area contributed by atoms with Crippen molar-refractivity contribution in [1.29, 1.82) is 0 Å². The zero-order valence-electron chi connectivity index (χ0n) is 13.9. The van der Waals surface area contributed by atoms with Gasteiger partial charge in [0, 0.05) is 0 Å². The minimum atomic E-state index is -0.683. The monoisotopic (exact) mass is 393 g/mol.